The van der Waals surface area contributed by atoms with Crippen molar-refractivity contribution in [2.75, 3.05) is 14.2 Å². The molecular formula is C21H20N4O2. The first kappa shape index (κ1) is 18.4. The third-order valence-electron chi connectivity index (χ3n) is 5.57. The Morgan fingerprint density at radius 2 is 1.89 bits per heavy atom. The topological polar surface area (TPSA) is 116 Å². The molecule has 3 rings (SSSR count). The lowest BCUT2D eigenvalue weighted by Crippen LogP contribution is -2.42. The Kier molecular flexibility index (Phi) is 4.80. The van der Waals surface area contributed by atoms with Crippen LogP contribution in [-0.2, 0) is 0 Å². The fourth-order valence-corrected chi connectivity index (χ4v) is 4.37. The van der Waals surface area contributed by atoms with Gasteiger partial charge in [-0.05, 0) is 36.8 Å². The summed E-state index contributed by atoms with van der Waals surface area (Å²) in [5.74, 6) is 0.287. The van der Waals surface area contributed by atoms with Crippen LogP contribution < -0.4 is 15.2 Å². The molecule has 0 spiro atoms. The van der Waals surface area contributed by atoms with Crippen LogP contribution >= 0.6 is 0 Å². The summed E-state index contributed by atoms with van der Waals surface area (Å²) in [5.41, 5.74) is 6.45. The van der Waals surface area contributed by atoms with Crippen LogP contribution in [0.15, 0.2) is 41.1 Å². The number of para-hydroxylation sites is 1. The van der Waals surface area contributed by atoms with Crippen LogP contribution in [0.3, 0.4) is 0 Å². The molecule has 27 heavy (non-hydrogen) atoms. The molecule has 0 bridgehead atoms. The third-order valence-corrected chi connectivity index (χ3v) is 5.57. The van der Waals surface area contributed by atoms with Gasteiger partial charge in [0.25, 0.3) is 0 Å². The van der Waals surface area contributed by atoms with Crippen LogP contribution in [0.1, 0.15) is 30.7 Å². The Morgan fingerprint density at radius 1 is 1.15 bits per heavy atom. The maximum Gasteiger partial charge on any atom is 0.191 e. The molecule has 0 saturated heterocycles. The Bertz CT molecular complexity index is 942. The summed E-state index contributed by atoms with van der Waals surface area (Å²) in [6.45, 7) is 0. The molecule has 2 aliphatic carbocycles. The number of nitriles is 3. The first-order chi connectivity index (χ1) is 13.1. The molecule has 136 valence electrons. The largest absolute Gasteiger partial charge is 0.493 e. The lowest BCUT2D eigenvalue weighted by Gasteiger charge is -2.43. The summed E-state index contributed by atoms with van der Waals surface area (Å²) in [6, 6.07) is 11.8. The van der Waals surface area contributed by atoms with Gasteiger partial charge in [0.05, 0.1) is 37.6 Å². The summed E-state index contributed by atoms with van der Waals surface area (Å²) in [5, 5.41) is 29.8. The monoisotopic (exact) mass is 360 g/mol. The highest BCUT2D eigenvalue weighted by molar-refractivity contribution is 5.61. The Labute approximate surface area is 158 Å². The van der Waals surface area contributed by atoms with Gasteiger partial charge in [-0.25, -0.2) is 0 Å². The highest BCUT2D eigenvalue weighted by atomic mass is 16.5. The van der Waals surface area contributed by atoms with Crippen molar-refractivity contribution in [3.05, 3.63) is 46.7 Å². The lowest BCUT2D eigenvalue weighted by molar-refractivity contribution is 0.297. The van der Waals surface area contributed by atoms with Gasteiger partial charge < -0.3 is 15.2 Å². The van der Waals surface area contributed by atoms with Crippen molar-refractivity contribution < 1.29 is 9.47 Å². The molecule has 0 heterocycles. The second-order valence-corrected chi connectivity index (χ2v) is 6.69. The number of hydrogen-bond acceptors (Lipinski definition) is 6. The molecule has 0 amide bonds. The van der Waals surface area contributed by atoms with Crippen molar-refractivity contribution in [1.82, 2.24) is 0 Å². The van der Waals surface area contributed by atoms with Crippen LogP contribution in [-0.4, -0.2) is 14.2 Å². The van der Waals surface area contributed by atoms with Crippen molar-refractivity contribution in [2.45, 2.75) is 25.2 Å². The molecule has 2 atom stereocenters. The number of rotatable bonds is 3. The molecule has 0 fully saturated rings. The average molecular weight is 360 g/mol. The minimum atomic E-state index is -1.65. The first-order valence-electron chi connectivity index (χ1n) is 8.73. The van der Waals surface area contributed by atoms with E-state index < -0.39 is 11.3 Å². The molecule has 0 aliphatic heterocycles. The fourth-order valence-electron chi connectivity index (χ4n) is 4.37. The van der Waals surface area contributed by atoms with Gasteiger partial charge in [0.15, 0.2) is 16.9 Å². The molecule has 0 radical (unpaired) electrons. The van der Waals surface area contributed by atoms with Crippen LogP contribution in [0.25, 0.3) is 0 Å². The maximum atomic E-state index is 10.0. The van der Waals surface area contributed by atoms with Crippen molar-refractivity contribution in [1.29, 1.82) is 15.8 Å². The minimum Gasteiger partial charge on any atom is -0.493 e. The highest BCUT2D eigenvalue weighted by Crippen LogP contribution is 2.58. The molecule has 2 aliphatic rings. The van der Waals surface area contributed by atoms with E-state index in [4.69, 9.17) is 15.2 Å². The molecule has 1 aromatic rings. The summed E-state index contributed by atoms with van der Waals surface area (Å²) in [7, 11) is 3.07. The normalized spacial score (nSPS) is 23.1. The lowest BCUT2D eigenvalue weighted by atomic mass is 9.56. The van der Waals surface area contributed by atoms with E-state index in [-0.39, 0.29) is 17.2 Å². The van der Waals surface area contributed by atoms with Crippen molar-refractivity contribution in [2.24, 2.45) is 17.1 Å². The molecule has 6 nitrogen and oxygen atoms in total. The average Bonchev–Trinajstić information content (AvgIpc) is 2.72. The number of nitrogens with two attached hydrogens (primary N) is 1. The van der Waals surface area contributed by atoms with Gasteiger partial charge in [0.1, 0.15) is 6.07 Å². The Hall–Kier alpha value is -3.43. The van der Waals surface area contributed by atoms with E-state index in [9.17, 15) is 15.8 Å². The number of benzene rings is 1. The predicted octanol–water partition coefficient (Wildman–Crippen LogP) is 3.30. The van der Waals surface area contributed by atoms with Gasteiger partial charge in [-0.3, -0.25) is 0 Å². The van der Waals surface area contributed by atoms with Gasteiger partial charge in [-0.1, -0.05) is 18.2 Å². The molecule has 0 saturated carbocycles. The van der Waals surface area contributed by atoms with Crippen molar-refractivity contribution in [3.63, 3.8) is 0 Å². The van der Waals surface area contributed by atoms with Crippen LogP contribution in [0.2, 0.25) is 0 Å². The van der Waals surface area contributed by atoms with Crippen molar-refractivity contribution >= 4 is 0 Å². The zero-order chi connectivity index (χ0) is 19.6. The van der Waals surface area contributed by atoms with Gasteiger partial charge in [0.2, 0.25) is 0 Å². The van der Waals surface area contributed by atoms with Crippen LogP contribution in [0, 0.1) is 45.3 Å². The quantitative estimate of drug-likeness (QED) is 0.884. The molecule has 2 N–H and O–H groups in total. The zero-order valence-electron chi connectivity index (χ0n) is 15.3. The van der Waals surface area contributed by atoms with Gasteiger partial charge in [-0.15, -0.1) is 0 Å². The third kappa shape index (κ3) is 2.52. The Morgan fingerprint density at radius 3 is 2.48 bits per heavy atom. The van der Waals surface area contributed by atoms with E-state index in [1.807, 2.05) is 18.2 Å². The number of ether oxygens (including phenoxy) is 2. The summed E-state index contributed by atoms with van der Waals surface area (Å²) < 4.78 is 11.0. The van der Waals surface area contributed by atoms with Crippen molar-refractivity contribution in [3.8, 4) is 29.7 Å². The number of hydrogen-bond donors (Lipinski definition) is 1. The maximum absolute atomic E-state index is 10.0. The smallest absolute Gasteiger partial charge is 0.191 e. The first-order valence-corrected chi connectivity index (χ1v) is 8.73. The number of nitrogens with zero attached hydrogens (tertiary/aromatic N) is 3. The minimum absolute atomic E-state index is 0.0225. The highest BCUT2D eigenvalue weighted by Gasteiger charge is 2.54. The molecule has 1 aromatic carbocycles. The van der Waals surface area contributed by atoms with Gasteiger partial charge in [-0.2, -0.15) is 15.8 Å². The molecule has 6 heteroatoms. The van der Waals surface area contributed by atoms with Gasteiger partial charge in [0, 0.05) is 11.5 Å². The van der Waals surface area contributed by atoms with E-state index in [0.29, 0.717) is 17.1 Å². The standard InChI is InChI=1S/C21H20N4O2/c1-26-17-9-5-8-15(19(17)27-2)18-14-7-4-3-6-13(14)16(10-22)20(25)21(18,11-23)12-24/h5-6,8-9,14,18H,3-4,7,25H2,1-2H3. The Balaban J connectivity index is 2.38. The van der Waals surface area contributed by atoms with E-state index in [1.54, 1.807) is 13.2 Å². The fraction of sp³-hybridized carbons (Fsp3) is 0.381. The van der Waals surface area contributed by atoms with Gasteiger partial charge >= 0.3 is 0 Å². The van der Waals surface area contributed by atoms with E-state index in [1.165, 1.54) is 7.11 Å². The van der Waals surface area contributed by atoms with E-state index >= 15 is 0 Å². The van der Waals surface area contributed by atoms with E-state index in [0.717, 1.165) is 24.8 Å². The number of fused-ring (bicyclic) bond motifs is 1. The van der Waals surface area contributed by atoms with Crippen LogP contribution in [0.5, 0.6) is 11.5 Å². The van der Waals surface area contributed by atoms with E-state index in [2.05, 4.69) is 18.2 Å². The number of methoxy groups -OCH3 is 2. The predicted molar refractivity (Wildman–Crippen MR) is 98.2 cm³/mol. The molecule has 0 aromatic heterocycles. The summed E-state index contributed by atoms with van der Waals surface area (Å²) >= 11 is 0. The molecular weight excluding hydrogens is 340 g/mol. The summed E-state index contributed by atoms with van der Waals surface area (Å²) in [6.07, 6.45) is 4.54. The zero-order valence-corrected chi connectivity index (χ0v) is 15.3. The number of allylic oxidation sites excluding steroid dienone is 4. The van der Waals surface area contributed by atoms with Crippen LogP contribution in [0.4, 0.5) is 0 Å². The SMILES string of the molecule is COc1cccc(C2C3CCCC=C3C(C#N)=C(N)C2(C#N)C#N)c1OC. The second kappa shape index (κ2) is 7.06. The second-order valence-electron chi connectivity index (χ2n) is 6.69. The summed E-state index contributed by atoms with van der Waals surface area (Å²) in [4.78, 5) is 0. The molecule has 2 unspecified atom stereocenters.